The molecular weight excluding hydrogens is 233 g/mol. The quantitative estimate of drug-likeness (QED) is 0.813. The first-order valence-electron chi connectivity index (χ1n) is 6.28. The van der Waals surface area contributed by atoms with E-state index in [4.69, 9.17) is 9.84 Å². The Bertz CT molecular complexity index is 371. The van der Waals surface area contributed by atoms with Crippen LogP contribution in [0.3, 0.4) is 0 Å². The smallest absolute Gasteiger partial charge is 0.125 e. The highest BCUT2D eigenvalue weighted by Gasteiger charge is 2.14. The van der Waals surface area contributed by atoms with Crippen LogP contribution in [0.25, 0.3) is 0 Å². The number of halogens is 1. The van der Waals surface area contributed by atoms with Gasteiger partial charge in [0.2, 0.25) is 0 Å². The highest BCUT2D eigenvalue weighted by molar-refractivity contribution is 5.50. The second-order valence-corrected chi connectivity index (χ2v) is 4.42. The Balaban J connectivity index is 2.99. The molecule has 1 atom stereocenters. The Labute approximate surface area is 108 Å². The van der Waals surface area contributed by atoms with Crippen molar-refractivity contribution in [3.05, 3.63) is 29.6 Å². The maximum Gasteiger partial charge on any atom is 0.125 e. The summed E-state index contributed by atoms with van der Waals surface area (Å²) in [6, 6.07) is 4.98. The van der Waals surface area contributed by atoms with E-state index in [2.05, 4.69) is 18.7 Å². The SMILES string of the molecule is CCC(C)N(CCOC)c1cc(F)cc(CO)c1. The molecule has 0 spiro atoms. The summed E-state index contributed by atoms with van der Waals surface area (Å²) in [6.45, 7) is 5.34. The number of aliphatic hydroxyl groups excluding tert-OH is 1. The summed E-state index contributed by atoms with van der Waals surface area (Å²) in [6.07, 6.45) is 0.967. The van der Waals surface area contributed by atoms with E-state index in [1.54, 1.807) is 7.11 Å². The van der Waals surface area contributed by atoms with Gasteiger partial charge in [-0.3, -0.25) is 0 Å². The summed E-state index contributed by atoms with van der Waals surface area (Å²) in [7, 11) is 1.65. The third-order valence-corrected chi connectivity index (χ3v) is 3.12. The Morgan fingerprint density at radius 1 is 1.39 bits per heavy atom. The molecule has 0 saturated heterocycles. The average molecular weight is 255 g/mol. The third kappa shape index (κ3) is 3.96. The van der Waals surface area contributed by atoms with Crippen molar-refractivity contribution in [1.82, 2.24) is 0 Å². The molecule has 1 unspecified atom stereocenters. The minimum Gasteiger partial charge on any atom is -0.392 e. The van der Waals surface area contributed by atoms with Crippen LogP contribution < -0.4 is 4.90 Å². The lowest BCUT2D eigenvalue weighted by atomic mass is 10.1. The van der Waals surface area contributed by atoms with Gasteiger partial charge < -0.3 is 14.7 Å². The number of anilines is 1. The monoisotopic (exact) mass is 255 g/mol. The number of benzene rings is 1. The molecule has 3 nitrogen and oxygen atoms in total. The fraction of sp³-hybridized carbons (Fsp3) is 0.571. The van der Waals surface area contributed by atoms with Gasteiger partial charge in [0.25, 0.3) is 0 Å². The molecule has 0 saturated carbocycles. The number of ether oxygens (including phenoxy) is 1. The second-order valence-electron chi connectivity index (χ2n) is 4.42. The van der Waals surface area contributed by atoms with Gasteiger partial charge >= 0.3 is 0 Å². The van der Waals surface area contributed by atoms with Crippen molar-refractivity contribution in [2.45, 2.75) is 32.9 Å². The minimum atomic E-state index is -0.317. The van der Waals surface area contributed by atoms with Crippen molar-refractivity contribution < 1.29 is 14.2 Å². The molecule has 1 aromatic carbocycles. The van der Waals surface area contributed by atoms with Gasteiger partial charge in [-0.05, 0) is 37.1 Å². The summed E-state index contributed by atoms with van der Waals surface area (Å²) >= 11 is 0. The molecule has 18 heavy (non-hydrogen) atoms. The van der Waals surface area contributed by atoms with Crippen molar-refractivity contribution in [2.24, 2.45) is 0 Å². The topological polar surface area (TPSA) is 32.7 Å². The van der Waals surface area contributed by atoms with Gasteiger partial charge in [-0.1, -0.05) is 6.92 Å². The molecule has 4 heteroatoms. The molecule has 1 rings (SSSR count). The van der Waals surface area contributed by atoms with E-state index in [-0.39, 0.29) is 12.4 Å². The Morgan fingerprint density at radius 2 is 2.11 bits per heavy atom. The molecule has 0 aliphatic heterocycles. The van der Waals surface area contributed by atoms with E-state index in [1.165, 1.54) is 12.1 Å². The Kier molecular flexibility index (Phi) is 6.09. The van der Waals surface area contributed by atoms with Gasteiger partial charge in [0, 0.05) is 25.4 Å². The standard InChI is InChI=1S/C14H22FNO2/c1-4-11(2)16(5-6-18-3)14-8-12(10-17)7-13(15)9-14/h7-9,11,17H,4-6,10H2,1-3H3. The molecule has 0 fully saturated rings. The summed E-state index contributed by atoms with van der Waals surface area (Å²) < 4.78 is 18.6. The van der Waals surface area contributed by atoms with Crippen molar-refractivity contribution in [2.75, 3.05) is 25.2 Å². The predicted molar refractivity (Wildman–Crippen MR) is 71.3 cm³/mol. The number of aliphatic hydroxyl groups is 1. The molecule has 0 amide bonds. The van der Waals surface area contributed by atoms with Gasteiger partial charge in [-0.25, -0.2) is 4.39 Å². The molecule has 0 aliphatic carbocycles. The molecule has 1 N–H and O–H groups in total. The number of rotatable bonds is 7. The van der Waals surface area contributed by atoms with Gasteiger partial charge in [0.1, 0.15) is 5.82 Å². The van der Waals surface area contributed by atoms with Crippen molar-refractivity contribution in [3.63, 3.8) is 0 Å². The number of hydrogen-bond donors (Lipinski definition) is 1. The first-order valence-corrected chi connectivity index (χ1v) is 6.28. The number of nitrogens with zero attached hydrogens (tertiary/aromatic N) is 1. The van der Waals surface area contributed by atoms with E-state index in [1.807, 2.05) is 6.07 Å². The number of hydrogen-bond acceptors (Lipinski definition) is 3. The van der Waals surface area contributed by atoms with Crippen LogP contribution in [-0.2, 0) is 11.3 Å². The predicted octanol–water partition coefficient (Wildman–Crippen LogP) is 2.57. The van der Waals surface area contributed by atoms with Crippen molar-refractivity contribution in [3.8, 4) is 0 Å². The highest BCUT2D eigenvalue weighted by atomic mass is 19.1. The van der Waals surface area contributed by atoms with E-state index < -0.39 is 0 Å². The highest BCUT2D eigenvalue weighted by Crippen LogP contribution is 2.22. The van der Waals surface area contributed by atoms with Crippen LogP contribution in [0.1, 0.15) is 25.8 Å². The van der Waals surface area contributed by atoms with Gasteiger partial charge in [-0.15, -0.1) is 0 Å². The third-order valence-electron chi connectivity index (χ3n) is 3.12. The van der Waals surface area contributed by atoms with Gasteiger partial charge in [0.15, 0.2) is 0 Å². The summed E-state index contributed by atoms with van der Waals surface area (Å²) in [5, 5.41) is 9.13. The largest absolute Gasteiger partial charge is 0.392 e. The lowest BCUT2D eigenvalue weighted by Crippen LogP contribution is -2.35. The number of methoxy groups -OCH3 is 1. The summed E-state index contributed by atoms with van der Waals surface area (Å²) in [5.74, 6) is -0.317. The van der Waals surface area contributed by atoms with E-state index in [0.717, 1.165) is 12.1 Å². The van der Waals surface area contributed by atoms with Crippen LogP contribution in [0, 0.1) is 5.82 Å². The fourth-order valence-corrected chi connectivity index (χ4v) is 1.90. The molecule has 0 aliphatic rings. The van der Waals surface area contributed by atoms with Crippen LogP contribution in [0.2, 0.25) is 0 Å². The first-order chi connectivity index (χ1) is 8.62. The zero-order chi connectivity index (χ0) is 13.5. The summed E-state index contributed by atoms with van der Waals surface area (Å²) in [5.41, 5.74) is 1.39. The first kappa shape index (κ1) is 14.9. The van der Waals surface area contributed by atoms with Crippen LogP contribution in [0.5, 0.6) is 0 Å². The van der Waals surface area contributed by atoms with Crippen molar-refractivity contribution >= 4 is 5.69 Å². The molecule has 0 radical (unpaired) electrons. The summed E-state index contributed by atoms with van der Waals surface area (Å²) in [4.78, 5) is 2.10. The second kappa shape index (κ2) is 7.34. The van der Waals surface area contributed by atoms with Crippen LogP contribution in [-0.4, -0.2) is 31.4 Å². The Morgan fingerprint density at radius 3 is 2.67 bits per heavy atom. The zero-order valence-electron chi connectivity index (χ0n) is 11.3. The molecule has 102 valence electrons. The maximum absolute atomic E-state index is 13.5. The molecular formula is C14H22FNO2. The van der Waals surface area contributed by atoms with E-state index in [9.17, 15) is 4.39 Å². The normalized spacial score (nSPS) is 12.5. The van der Waals surface area contributed by atoms with Crippen LogP contribution >= 0.6 is 0 Å². The molecule has 0 aromatic heterocycles. The van der Waals surface area contributed by atoms with Gasteiger partial charge in [-0.2, -0.15) is 0 Å². The van der Waals surface area contributed by atoms with Crippen molar-refractivity contribution in [1.29, 1.82) is 0 Å². The van der Waals surface area contributed by atoms with Gasteiger partial charge in [0.05, 0.1) is 13.2 Å². The lowest BCUT2D eigenvalue weighted by molar-refractivity contribution is 0.203. The molecule has 1 aromatic rings. The maximum atomic E-state index is 13.5. The van der Waals surface area contributed by atoms with E-state index in [0.29, 0.717) is 24.8 Å². The average Bonchev–Trinajstić information content (AvgIpc) is 2.38. The minimum absolute atomic E-state index is 0.149. The van der Waals surface area contributed by atoms with Crippen LogP contribution in [0.4, 0.5) is 10.1 Å². The molecule has 0 bridgehead atoms. The van der Waals surface area contributed by atoms with E-state index >= 15 is 0 Å². The molecule has 0 heterocycles. The lowest BCUT2D eigenvalue weighted by Gasteiger charge is -2.31. The van der Waals surface area contributed by atoms with Crippen LogP contribution in [0.15, 0.2) is 18.2 Å². The fourth-order valence-electron chi connectivity index (χ4n) is 1.90. The zero-order valence-corrected chi connectivity index (χ0v) is 11.3. The Hall–Kier alpha value is -1.13.